The second kappa shape index (κ2) is 5.45. The summed E-state index contributed by atoms with van der Waals surface area (Å²) in [5.74, 6) is 0. The molecule has 3 heteroatoms. The third kappa shape index (κ3) is 2.74. The third-order valence-electron chi connectivity index (χ3n) is 2.93. The summed E-state index contributed by atoms with van der Waals surface area (Å²) in [4.78, 5) is 0. The first-order valence-corrected chi connectivity index (χ1v) is 5.94. The molecule has 0 aliphatic carbocycles. The summed E-state index contributed by atoms with van der Waals surface area (Å²) in [6, 6.07) is 14.3. The molecule has 0 radical (unpaired) electrons. The number of benzene rings is 1. The Morgan fingerprint density at radius 1 is 1.17 bits per heavy atom. The molecular formula is C15H17N2O+. The molecule has 0 unspecified atom stereocenters. The first-order chi connectivity index (χ1) is 8.70. The summed E-state index contributed by atoms with van der Waals surface area (Å²) >= 11 is 0. The van der Waals surface area contributed by atoms with Crippen molar-refractivity contribution in [3.05, 3.63) is 65.5 Å². The fourth-order valence-electron chi connectivity index (χ4n) is 1.88. The Labute approximate surface area is 107 Å². The van der Waals surface area contributed by atoms with Crippen LogP contribution < -0.4 is 4.57 Å². The summed E-state index contributed by atoms with van der Waals surface area (Å²) in [5.41, 5.74) is 4.01. The summed E-state index contributed by atoms with van der Waals surface area (Å²) in [5, 5.41) is 12.2. The van der Waals surface area contributed by atoms with Gasteiger partial charge in [-0.1, -0.05) is 35.0 Å². The van der Waals surface area contributed by atoms with Crippen molar-refractivity contribution in [3.63, 3.8) is 0 Å². The van der Waals surface area contributed by atoms with Gasteiger partial charge in [0.05, 0.1) is 0 Å². The van der Waals surface area contributed by atoms with E-state index in [4.69, 9.17) is 5.21 Å². The average Bonchev–Trinajstić information content (AvgIpc) is 2.41. The predicted molar refractivity (Wildman–Crippen MR) is 70.9 cm³/mol. The molecule has 0 bridgehead atoms. The van der Waals surface area contributed by atoms with Crippen LogP contribution in [-0.4, -0.2) is 10.9 Å². The standard InChI is InChI=1S/C15H16N2O/c1-12-6-8-14(9-7-12)11-17-10-4-3-5-15(17)13(2)16-18/h3-10H,11H2,1-2H3/p+1. The Hall–Kier alpha value is -2.16. The Bertz CT molecular complexity index is 559. The van der Waals surface area contributed by atoms with Crippen molar-refractivity contribution in [2.75, 3.05) is 0 Å². The highest BCUT2D eigenvalue weighted by Crippen LogP contribution is 2.03. The van der Waals surface area contributed by atoms with Crippen LogP contribution in [0.5, 0.6) is 0 Å². The van der Waals surface area contributed by atoms with Gasteiger partial charge in [-0.15, -0.1) is 0 Å². The lowest BCUT2D eigenvalue weighted by atomic mass is 10.1. The number of oxime groups is 1. The molecule has 0 spiro atoms. The van der Waals surface area contributed by atoms with E-state index >= 15 is 0 Å². The van der Waals surface area contributed by atoms with Crippen molar-refractivity contribution in [3.8, 4) is 0 Å². The summed E-state index contributed by atoms with van der Waals surface area (Å²) in [7, 11) is 0. The average molecular weight is 241 g/mol. The molecule has 3 nitrogen and oxygen atoms in total. The Morgan fingerprint density at radius 2 is 1.89 bits per heavy atom. The maximum atomic E-state index is 8.89. The van der Waals surface area contributed by atoms with Crippen LogP contribution in [-0.2, 0) is 6.54 Å². The Kier molecular flexibility index (Phi) is 3.72. The molecule has 2 aromatic rings. The van der Waals surface area contributed by atoms with Gasteiger partial charge in [0.2, 0.25) is 5.69 Å². The van der Waals surface area contributed by atoms with E-state index in [9.17, 15) is 0 Å². The van der Waals surface area contributed by atoms with Crippen molar-refractivity contribution >= 4 is 5.71 Å². The van der Waals surface area contributed by atoms with E-state index in [1.807, 2.05) is 24.4 Å². The monoisotopic (exact) mass is 241 g/mol. The largest absolute Gasteiger partial charge is 0.410 e. The molecule has 1 aromatic carbocycles. The minimum absolute atomic E-state index is 0.614. The second-order valence-electron chi connectivity index (χ2n) is 4.38. The number of nitrogens with zero attached hydrogens (tertiary/aromatic N) is 2. The molecule has 0 atom stereocenters. The SMILES string of the molecule is C/C(=N/O)c1cccc[n+]1Cc1ccc(C)cc1. The number of rotatable bonds is 3. The molecule has 0 amide bonds. The summed E-state index contributed by atoms with van der Waals surface area (Å²) in [6.07, 6.45) is 1.99. The van der Waals surface area contributed by atoms with Crippen LogP contribution in [0.15, 0.2) is 53.8 Å². The zero-order chi connectivity index (χ0) is 13.0. The zero-order valence-electron chi connectivity index (χ0n) is 10.7. The van der Waals surface area contributed by atoms with Gasteiger partial charge in [0.25, 0.3) is 0 Å². The third-order valence-corrected chi connectivity index (χ3v) is 2.93. The first-order valence-electron chi connectivity index (χ1n) is 5.94. The lowest BCUT2D eigenvalue weighted by molar-refractivity contribution is -0.689. The highest BCUT2D eigenvalue weighted by atomic mass is 16.4. The number of pyridine rings is 1. The molecule has 2 rings (SSSR count). The molecule has 18 heavy (non-hydrogen) atoms. The van der Waals surface area contributed by atoms with E-state index in [1.165, 1.54) is 11.1 Å². The normalized spacial score (nSPS) is 11.6. The van der Waals surface area contributed by atoms with E-state index < -0.39 is 0 Å². The molecule has 0 saturated heterocycles. The molecule has 1 aromatic heterocycles. The Morgan fingerprint density at radius 3 is 2.56 bits per heavy atom. The fourth-order valence-corrected chi connectivity index (χ4v) is 1.88. The smallest absolute Gasteiger partial charge is 0.230 e. The lowest BCUT2D eigenvalue weighted by Crippen LogP contribution is -2.40. The van der Waals surface area contributed by atoms with Crippen LogP contribution in [0, 0.1) is 6.92 Å². The van der Waals surface area contributed by atoms with Gasteiger partial charge in [0.15, 0.2) is 12.7 Å². The second-order valence-corrected chi connectivity index (χ2v) is 4.38. The predicted octanol–water partition coefficient (Wildman–Crippen LogP) is 2.53. The number of aryl methyl sites for hydroxylation is 1. The van der Waals surface area contributed by atoms with Crippen LogP contribution in [0.2, 0.25) is 0 Å². The Balaban J connectivity index is 2.32. The summed E-state index contributed by atoms with van der Waals surface area (Å²) < 4.78 is 2.07. The first kappa shape index (κ1) is 12.3. The quantitative estimate of drug-likeness (QED) is 0.381. The number of hydrogen-bond acceptors (Lipinski definition) is 2. The van der Waals surface area contributed by atoms with E-state index in [2.05, 4.69) is 40.9 Å². The van der Waals surface area contributed by atoms with Crippen molar-refractivity contribution in [2.24, 2.45) is 5.16 Å². The van der Waals surface area contributed by atoms with Gasteiger partial charge in [-0.05, 0) is 19.9 Å². The zero-order valence-corrected chi connectivity index (χ0v) is 10.7. The van der Waals surface area contributed by atoms with Gasteiger partial charge in [-0.2, -0.15) is 4.57 Å². The molecule has 0 aliphatic heterocycles. The van der Waals surface area contributed by atoms with Crippen molar-refractivity contribution in [2.45, 2.75) is 20.4 Å². The van der Waals surface area contributed by atoms with Gasteiger partial charge in [0, 0.05) is 17.7 Å². The highest BCUT2D eigenvalue weighted by Gasteiger charge is 2.13. The highest BCUT2D eigenvalue weighted by molar-refractivity contribution is 5.95. The number of aromatic nitrogens is 1. The maximum absolute atomic E-state index is 8.89. The van der Waals surface area contributed by atoms with Gasteiger partial charge in [-0.25, -0.2) is 0 Å². The van der Waals surface area contributed by atoms with E-state index in [0.717, 1.165) is 12.2 Å². The lowest BCUT2D eigenvalue weighted by Gasteiger charge is -2.03. The van der Waals surface area contributed by atoms with Crippen LogP contribution in [0.1, 0.15) is 23.7 Å². The molecule has 0 aliphatic rings. The van der Waals surface area contributed by atoms with Crippen LogP contribution in [0.4, 0.5) is 0 Å². The molecule has 0 saturated carbocycles. The van der Waals surface area contributed by atoms with Gasteiger partial charge in [0.1, 0.15) is 5.71 Å². The van der Waals surface area contributed by atoms with Gasteiger partial charge < -0.3 is 5.21 Å². The van der Waals surface area contributed by atoms with Crippen molar-refractivity contribution < 1.29 is 9.77 Å². The minimum Gasteiger partial charge on any atom is -0.410 e. The topological polar surface area (TPSA) is 36.5 Å². The maximum Gasteiger partial charge on any atom is 0.230 e. The van der Waals surface area contributed by atoms with Crippen molar-refractivity contribution in [1.29, 1.82) is 0 Å². The fraction of sp³-hybridized carbons (Fsp3) is 0.200. The van der Waals surface area contributed by atoms with Crippen LogP contribution in [0.3, 0.4) is 0 Å². The van der Waals surface area contributed by atoms with Gasteiger partial charge in [-0.3, -0.25) is 0 Å². The van der Waals surface area contributed by atoms with E-state index in [1.54, 1.807) is 6.92 Å². The van der Waals surface area contributed by atoms with Crippen LogP contribution >= 0.6 is 0 Å². The van der Waals surface area contributed by atoms with E-state index in [0.29, 0.717) is 5.71 Å². The van der Waals surface area contributed by atoms with Crippen LogP contribution in [0.25, 0.3) is 0 Å². The van der Waals surface area contributed by atoms with Crippen molar-refractivity contribution in [1.82, 2.24) is 0 Å². The molecule has 1 N–H and O–H groups in total. The molecule has 0 fully saturated rings. The summed E-state index contributed by atoms with van der Waals surface area (Å²) in [6.45, 7) is 4.64. The van der Waals surface area contributed by atoms with E-state index in [-0.39, 0.29) is 0 Å². The molecule has 92 valence electrons. The number of hydrogen-bond donors (Lipinski definition) is 1. The molecule has 1 heterocycles. The molecular weight excluding hydrogens is 224 g/mol. The minimum atomic E-state index is 0.614. The van der Waals surface area contributed by atoms with Gasteiger partial charge >= 0.3 is 0 Å².